The van der Waals surface area contributed by atoms with Gasteiger partial charge in [0.15, 0.2) is 11.6 Å². The summed E-state index contributed by atoms with van der Waals surface area (Å²) in [5.41, 5.74) is 0. The normalized spacial score (nSPS) is 15.8. The first-order valence-electron chi connectivity index (χ1n) is 6.74. The van der Waals surface area contributed by atoms with Gasteiger partial charge in [-0.05, 0) is 12.8 Å². The average molecular weight is 279 g/mol. The molecule has 0 aromatic carbocycles. The molecule has 1 fully saturated rings. The van der Waals surface area contributed by atoms with Crippen molar-refractivity contribution in [1.82, 2.24) is 15.3 Å². The minimum absolute atomic E-state index is 0.0906. The van der Waals surface area contributed by atoms with Crippen molar-refractivity contribution in [2.24, 2.45) is 5.92 Å². The molecule has 20 heavy (non-hydrogen) atoms. The van der Waals surface area contributed by atoms with Gasteiger partial charge in [-0.2, -0.15) is 0 Å². The summed E-state index contributed by atoms with van der Waals surface area (Å²) >= 11 is 0. The highest BCUT2D eigenvalue weighted by molar-refractivity contribution is 5.78. The topological polar surface area (TPSA) is 79.4 Å². The molecule has 1 aromatic heterocycles. The van der Waals surface area contributed by atoms with E-state index in [1.54, 1.807) is 21.2 Å². The smallest absolute Gasteiger partial charge is 0.222 e. The van der Waals surface area contributed by atoms with Crippen molar-refractivity contribution in [2.45, 2.75) is 12.8 Å². The molecule has 0 spiro atoms. The highest BCUT2D eigenvalue weighted by Crippen LogP contribution is 2.33. The molecule has 2 rings (SSSR count). The van der Waals surface area contributed by atoms with Crippen molar-refractivity contribution in [3.8, 4) is 5.75 Å². The third-order valence-corrected chi connectivity index (χ3v) is 3.64. The second-order valence-electron chi connectivity index (χ2n) is 4.70. The Morgan fingerprint density at radius 1 is 1.35 bits per heavy atom. The molecule has 1 saturated heterocycles. The second kappa shape index (κ2) is 6.40. The van der Waals surface area contributed by atoms with Crippen molar-refractivity contribution in [1.29, 1.82) is 0 Å². The zero-order valence-electron chi connectivity index (χ0n) is 12.1. The summed E-state index contributed by atoms with van der Waals surface area (Å²) in [5.74, 6) is 2.31. The van der Waals surface area contributed by atoms with Crippen LogP contribution in [-0.2, 0) is 4.79 Å². The van der Waals surface area contributed by atoms with Gasteiger partial charge in [0.1, 0.15) is 6.33 Å². The van der Waals surface area contributed by atoms with Crippen LogP contribution in [0.3, 0.4) is 0 Å². The fourth-order valence-corrected chi connectivity index (χ4v) is 2.51. The van der Waals surface area contributed by atoms with Crippen LogP contribution in [0.15, 0.2) is 6.33 Å². The summed E-state index contributed by atoms with van der Waals surface area (Å²) in [6, 6.07) is 0. The predicted molar refractivity (Wildman–Crippen MR) is 77.1 cm³/mol. The highest BCUT2D eigenvalue weighted by Gasteiger charge is 2.27. The van der Waals surface area contributed by atoms with Gasteiger partial charge in [-0.3, -0.25) is 4.79 Å². The van der Waals surface area contributed by atoms with E-state index >= 15 is 0 Å². The minimum Gasteiger partial charge on any atom is -0.490 e. The fourth-order valence-electron chi connectivity index (χ4n) is 2.51. The van der Waals surface area contributed by atoms with E-state index in [4.69, 9.17) is 4.74 Å². The molecule has 2 heterocycles. The zero-order valence-corrected chi connectivity index (χ0v) is 12.1. The molecule has 0 atom stereocenters. The lowest BCUT2D eigenvalue weighted by molar-refractivity contribution is -0.125. The standard InChI is InChI=1S/C13H21N5O2/c1-14-11-10(20-3)12(17-8-16-11)18-6-4-9(5-7-18)13(19)15-2/h8-9H,4-7H2,1-3H3,(H,15,19)(H,14,16,17). The summed E-state index contributed by atoms with van der Waals surface area (Å²) in [6.45, 7) is 1.57. The highest BCUT2D eigenvalue weighted by atomic mass is 16.5. The number of rotatable bonds is 4. The van der Waals surface area contributed by atoms with Crippen LogP contribution >= 0.6 is 0 Å². The Labute approximate surface area is 118 Å². The lowest BCUT2D eigenvalue weighted by atomic mass is 9.96. The number of hydrogen-bond donors (Lipinski definition) is 2. The lowest BCUT2D eigenvalue weighted by Gasteiger charge is -2.32. The summed E-state index contributed by atoms with van der Waals surface area (Å²) in [5, 5.41) is 5.71. The first kappa shape index (κ1) is 14.4. The van der Waals surface area contributed by atoms with Crippen LogP contribution in [0.5, 0.6) is 5.75 Å². The van der Waals surface area contributed by atoms with Gasteiger partial charge in [0, 0.05) is 33.1 Å². The Morgan fingerprint density at radius 3 is 2.60 bits per heavy atom. The van der Waals surface area contributed by atoms with Gasteiger partial charge in [0.25, 0.3) is 0 Å². The number of anilines is 2. The van der Waals surface area contributed by atoms with Gasteiger partial charge >= 0.3 is 0 Å². The molecule has 0 unspecified atom stereocenters. The van der Waals surface area contributed by atoms with Crippen LogP contribution in [0.1, 0.15) is 12.8 Å². The van der Waals surface area contributed by atoms with E-state index in [1.807, 2.05) is 0 Å². The van der Waals surface area contributed by atoms with Crippen molar-refractivity contribution >= 4 is 17.5 Å². The molecule has 2 N–H and O–H groups in total. The molecule has 1 aliphatic heterocycles. The Morgan fingerprint density at radius 2 is 2.05 bits per heavy atom. The van der Waals surface area contributed by atoms with E-state index in [-0.39, 0.29) is 11.8 Å². The molecule has 7 heteroatoms. The molecule has 0 aliphatic carbocycles. The largest absolute Gasteiger partial charge is 0.490 e. The molecule has 1 amide bonds. The van der Waals surface area contributed by atoms with Gasteiger partial charge in [-0.25, -0.2) is 9.97 Å². The lowest BCUT2D eigenvalue weighted by Crippen LogP contribution is -2.40. The molecular formula is C13H21N5O2. The molecule has 0 radical (unpaired) electrons. The Kier molecular flexibility index (Phi) is 4.60. The van der Waals surface area contributed by atoms with Crippen LogP contribution in [0.2, 0.25) is 0 Å². The van der Waals surface area contributed by atoms with E-state index in [9.17, 15) is 4.79 Å². The van der Waals surface area contributed by atoms with E-state index in [0.717, 1.165) is 31.7 Å². The summed E-state index contributed by atoms with van der Waals surface area (Å²) in [4.78, 5) is 22.2. The van der Waals surface area contributed by atoms with Crippen LogP contribution in [-0.4, -0.2) is 50.2 Å². The van der Waals surface area contributed by atoms with Crippen molar-refractivity contribution in [2.75, 3.05) is 44.5 Å². The van der Waals surface area contributed by atoms with Gasteiger partial charge in [-0.1, -0.05) is 0 Å². The number of methoxy groups -OCH3 is 1. The van der Waals surface area contributed by atoms with E-state index in [0.29, 0.717) is 11.6 Å². The molecule has 0 saturated carbocycles. The number of aromatic nitrogens is 2. The van der Waals surface area contributed by atoms with Gasteiger partial charge in [0.05, 0.1) is 7.11 Å². The number of amides is 1. The number of piperidine rings is 1. The third kappa shape index (κ3) is 2.76. The first-order valence-corrected chi connectivity index (χ1v) is 6.74. The maximum Gasteiger partial charge on any atom is 0.222 e. The first-order chi connectivity index (χ1) is 9.71. The SMILES string of the molecule is CNC(=O)C1CCN(c2ncnc(NC)c2OC)CC1. The number of carbonyl (C=O) groups is 1. The number of nitrogens with zero attached hydrogens (tertiary/aromatic N) is 3. The number of nitrogens with one attached hydrogen (secondary N) is 2. The molecule has 1 aromatic rings. The van der Waals surface area contributed by atoms with E-state index < -0.39 is 0 Å². The van der Waals surface area contributed by atoms with Gasteiger partial charge in [0.2, 0.25) is 11.7 Å². The fraction of sp³-hybridized carbons (Fsp3) is 0.615. The maximum atomic E-state index is 11.6. The minimum atomic E-state index is 0.0906. The van der Waals surface area contributed by atoms with Crippen molar-refractivity contribution in [3.05, 3.63) is 6.33 Å². The molecule has 1 aliphatic rings. The summed E-state index contributed by atoms with van der Waals surface area (Å²) in [6.07, 6.45) is 3.16. The van der Waals surface area contributed by atoms with E-state index in [1.165, 1.54) is 6.33 Å². The Balaban J connectivity index is 2.12. The quantitative estimate of drug-likeness (QED) is 0.835. The molecular weight excluding hydrogens is 258 g/mol. The van der Waals surface area contributed by atoms with Gasteiger partial charge < -0.3 is 20.3 Å². The molecule has 110 valence electrons. The van der Waals surface area contributed by atoms with Crippen LogP contribution in [0.4, 0.5) is 11.6 Å². The number of hydrogen-bond acceptors (Lipinski definition) is 6. The monoisotopic (exact) mass is 279 g/mol. The van der Waals surface area contributed by atoms with Gasteiger partial charge in [-0.15, -0.1) is 0 Å². The van der Waals surface area contributed by atoms with Crippen molar-refractivity contribution < 1.29 is 9.53 Å². The van der Waals surface area contributed by atoms with E-state index in [2.05, 4.69) is 25.5 Å². The zero-order chi connectivity index (χ0) is 14.5. The number of ether oxygens (including phenoxy) is 1. The van der Waals surface area contributed by atoms with Crippen LogP contribution in [0.25, 0.3) is 0 Å². The number of carbonyl (C=O) groups excluding carboxylic acids is 1. The Hall–Kier alpha value is -2.05. The molecule has 0 bridgehead atoms. The predicted octanol–water partition coefficient (Wildman–Crippen LogP) is 0.489. The van der Waals surface area contributed by atoms with Crippen molar-refractivity contribution in [3.63, 3.8) is 0 Å². The summed E-state index contributed by atoms with van der Waals surface area (Å²) in [7, 11) is 5.09. The maximum absolute atomic E-state index is 11.6. The second-order valence-corrected chi connectivity index (χ2v) is 4.70. The molecule has 7 nitrogen and oxygen atoms in total. The van der Waals surface area contributed by atoms with Crippen LogP contribution < -0.4 is 20.3 Å². The Bertz CT molecular complexity index is 472. The third-order valence-electron chi connectivity index (χ3n) is 3.64. The summed E-state index contributed by atoms with van der Waals surface area (Å²) < 4.78 is 5.41. The van der Waals surface area contributed by atoms with Crippen LogP contribution in [0, 0.1) is 5.92 Å². The average Bonchev–Trinajstić information content (AvgIpc) is 2.53.